The van der Waals surface area contributed by atoms with Crippen molar-refractivity contribution in [2.45, 2.75) is 45.6 Å². The SMILES string of the molecule is CN=C(NCCCCc1nc(C)cs1)NC1CCN(c2ccc(C)cc2)C1.I. The Morgan fingerprint density at radius 3 is 2.71 bits per heavy atom. The summed E-state index contributed by atoms with van der Waals surface area (Å²) < 4.78 is 0. The second-order valence-electron chi connectivity index (χ2n) is 7.25. The predicted octanol–water partition coefficient (Wildman–Crippen LogP) is 4.14. The number of benzene rings is 1. The Hall–Kier alpha value is -1.35. The molecule has 0 aliphatic carbocycles. The lowest BCUT2D eigenvalue weighted by molar-refractivity contribution is 0.636. The van der Waals surface area contributed by atoms with Gasteiger partial charge in [0.15, 0.2) is 5.96 Å². The molecule has 2 heterocycles. The molecule has 1 aliphatic rings. The number of halogens is 1. The van der Waals surface area contributed by atoms with Gasteiger partial charge in [-0.25, -0.2) is 4.98 Å². The van der Waals surface area contributed by atoms with Crippen LogP contribution in [0, 0.1) is 13.8 Å². The number of thiazole rings is 1. The van der Waals surface area contributed by atoms with Gasteiger partial charge in [0.05, 0.1) is 5.01 Å². The molecule has 0 bridgehead atoms. The van der Waals surface area contributed by atoms with Gasteiger partial charge in [0, 0.05) is 49.5 Å². The van der Waals surface area contributed by atoms with Crippen molar-refractivity contribution in [3.63, 3.8) is 0 Å². The maximum absolute atomic E-state index is 4.52. The summed E-state index contributed by atoms with van der Waals surface area (Å²) in [4.78, 5) is 11.4. The number of unbranched alkanes of at least 4 members (excludes halogenated alkanes) is 1. The van der Waals surface area contributed by atoms with E-state index < -0.39 is 0 Å². The van der Waals surface area contributed by atoms with Crippen LogP contribution in [0.25, 0.3) is 0 Å². The Bertz CT molecular complexity index is 744. The third-order valence-corrected chi connectivity index (χ3v) is 5.95. The summed E-state index contributed by atoms with van der Waals surface area (Å²) in [7, 11) is 1.85. The number of rotatable bonds is 7. The van der Waals surface area contributed by atoms with Crippen molar-refractivity contribution in [2.24, 2.45) is 4.99 Å². The third-order valence-electron chi connectivity index (χ3n) is 4.93. The average Bonchev–Trinajstić information content (AvgIpc) is 3.30. The van der Waals surface area contributed by atoms with Crippen molar-refractivity contribution < 1.29 is 0 Å². The second kappa shape index (κ2) is 11.6. The zero-order chi connectivity index (χ0) is 19.1. The Labute approximate surface area is 190 Å². The Kier molecular flexibility index (Phi) is 9.50. The number of hydrogen-bond donors (Lipinski definition) is 2. The van der Waals surface area contributed by atoms with E-state index in [1.807, 2.05) is 7.05 Å². The first-order valence-electron chi connectivity index (χ1n) is 9.84. The second-order valence-corrected chi connectivity index (χ2v) is 8.19. The zero-order valence-corrected chi connectivity index (χ0v) is 20.2. The van der Waals surface area contributed by atoms with Gasteiger partial charge >= 0.3 is 0 Å². The van der Waals surface area contributed by atoms with Crippen LogP contribution in [0.2, 0.25) is 0 Å². The zero-order valence-electron chi connectivity index (χ0n) is 17.1. The van der Waals surface area contributed by atoms with E-state index in [4.69, 9.17) is 0 Å². The van der Waals surface area contributed by atoms with Gasteiger partial charge in [0.1, 0.15) is 0 Å². The van der Waals surface area contributed by atoms with Gasteiger partial charge in [-0.15, -0.1) is 35.3 Å². The number of aryl methyl sites for hydroxylation is 3. The summed E-state index contributed by atoms with van der Waals surface area (Å²) in [6.07, 6.45) is 4.49. The molecule has 2 N–H and O–H groups in total. The van der Waals surface area contributed by atoms with Crippen LogP contribution in [0.5, 0.6) is 0 Å². The first kappa shape index (κ1) is 22.9. The number of nitrogens with zero attached hydrogens (tertiary/aromatic N) is 3. The standard InChI is InChI=1S/C21H31N5S.HI/c1-16-7-9-19(10-8-16)26-13-11-18(14-26)25-21(22-3)23-12-5-4-6-20-24-17(2)15-27-20;/h7-10,15,18H,4-6,11-14H2,1-3H3,(H2,22,23,25);1H. The lowest BCUT2D eigenvalue weighted by atomic mass is 10.2. The van der Waals surface area contributed by atoms with E-state index in [-0.39, 0.29) is 24.0 Å². The molecule has 5 nitrogen and oxygen atoms in total. The van der Waals surface area contributed by atoms with E-state index in [0.717, 1.165) is 57.0 Å². The fraction of sp³-hybridized carbons (Fsp3) is 0.524. The van der Waals surface area contributed by atoms with Crippen LogP contribution < -0.4 is 15.5 Å². The number of aliphatic imine (C=N–C) groups is 1. The van der Waals surface area contributed by atoms with E-state index in [2.05, 4.69) is 69.0 Å². The number of guanidine groups is 1. The summed E-state index contributed by atoms with van der Waals surface area (Å²) in [5, 5.41) is 10.4. The number of aromatic nitrogens is 1. The fourth-order valence-electron chi connectivity index (χ4n) is 3.38. The number of hydrogen-bond acceptors (Lipinski definition) is 4. The first-order chi connectivity index (χ1) is 13.1. The van der Waals surface area contributed by atoms with Crippen LogP contribution >= 0.6 is 35.3 Å². The highest BCUT2D eigenvalue weighted by atomic mass is 127. The topological polar surface area (TPSA) is 52.6 Å². The molecule has 1 fully saturated rings. The highest BCUT2D eigenvalue weighted by molar-refractivity contribution is 14.0. The lowest BCUT2D eigenvalue weighted by Crippen LogP contribution is -2.44. The van der Waals surface area contributed by atoms with Crippen molar-refractivity contribution in [3.8, 4) is 0 Å². The summed E-state index contributed by atoms with van der Waals surface area (Å²) in [6.45, 7) is 7.24. The summed E-state index contributed by atoms with van der Waals surface area (Å²) in [5.74, 6) is 0.913. The monoisotopic (exact) mass is 513 g/mol. The minimum Gasteiger partial charge on any atom is -0.369 e. The van der Waals surface area contributed by atoms with Gasteiger partial charge in [-0.3, -0.25) is 4.99 Å². The minimum atomic E-state index is 0. The largest absolute Gasteiger partial charge is 0.369 e. The Morgan fingerprint density at radius 1 is 1.25 bits per heavy atom. The summed E-state index contributed by atoms with van der Waals surface area (Å²) in [5.41, 5.74) is 3.75. The highest BCUT2D eigenvalue weighted by Crippen LogP contribution is 2.20. The van der Waals surface area contributed by atoms with Gasteiger partial charge in [0.2, 0.25) is 0 Å². The molecule has 2 aromatic rings. The Morgan fingerprint density at radius 2 is 2.04 bits per heavy atom. The molecule has 0 amide bonds. The minimum absolute atomic E-state index is 0. The molecule has 1 aromatic carbocycles. The molecule has 3 rings (SSSR count). The lowest BCUT2D eigenvalue weighted by Gasteiger charge is -2.20. The van der Waals surface area contributed by atoms with Crippen molar-refractivity contribution in [1.82, 2.24) is 15.6 Å². The molecular weight excluding hydrogens is 481 g/mol. The summed E-state index contributed by atoms with van der Waals surface area (Å²) in [6, 6.07) is 9.24. The van der Waals surface area contributed by atoms with E-state index in [0.29, 0.717) is 6.04 Å². The highest BCUT2D eigenvalue weighted by Gasteiger charge is 2.23. The van der Waals surface area contributed by atoms with Crippen molar-refractivity contribution in [1.29, 1.82) is 0 Å². The molecule has 0 spiro atoms. The molecule has 1 aromatic heterocycles. The third kappa shape index (κ3) is 6.92. The smallest absolute Gasteiger partial charge is 0.191 e. The van der Waals surface area contributed by atoms with E-state index in [1.54, 1.807) is 11.3 Å². The van der Waals surface area contributed by atoms with Crippen LogP contribution in [0.1, 0.15) is 35.5 Å². The molecule has 1 unspecified atom stereocenters. The van der Waals surface area contributed by atoms with Gasteiger partial charge in [0.25, 0.3) is 0 Å². The summed E-state index contributed by atoms with van der Waals surface area (Å²) >= 11 is 1.77. The van der Waals surface area contributed by atoms with Crippen LogP contribution in [-0.2, 0) is 6.42 Å². The molecule has 1 atom stereocenters. The van der Waals surface area contributed by atoms with Crippen molar-refractivity contribution in [2.75, 3.05) is 31.6 Å². The molecule has 1 saturated heterocycles. The first-order valence-corrected chi connectivity index (χ1v) is 10.7. The average molecular weight is 513 g/mol. The molecule has 1 aliphatic heterocycles. The van der Waals surface area contributed by atoms with Gasteiger partial charge in [-0.2, -0.15) is 0 Å². The normalized spacial score (nSPS) is 16.8. The van der Waals surface area contributed by atoms with Crippen LogP contribution in [0.4, 0.5) is 5.69 Å². The Balaban J connectivity index is 0.00000280. The quantitative estimate of drug-likeness (QED) is 0.253. The fourth-order valence-corrected chi connectivity index (χ4v) is 4.20. The van der Waals surface area contributed by atoms with Crippen molar-refractivity contribution >= 4 is 47.0 Å². The molecular formula is C21H32IN5S. The van der Waals surface area contributed by atoms with Gasteiger partial charge in [-0.05, 0) is 51.7 Å². The maximum atomic E-state index is 4.52. The molecule has 7 heteroatoms. The predicted molar refractivity (Wildman–Crippen MR) is 131 cm³/mol. The molecule has 0 saturated carbocycles. The molecule has 0 radical (unpaired) electrons. The molecule has 154 valence electrons. The van der Waals surface area contributed by atoms with Gasteiger partial charge < -0.3 is 15.5 Å². The van der Waals surface area contributed by atoms with E-state index >= 15 is 0 Å². The van der Waals surface area contributed by atoms with Gasteiger partial charge in [-0.1, -0.05) is 17.7 Å². The number of nitrogens with one attached hydrogen (secondary N) is 2. The van der Waals surface area contributed by atoms with Crippen LogP contribution in [-0.4, -0.2) is 43.7 Å². The van der Waals surface area contributed by atoms with Crippen LogP contribution in [0.3, 0.4) is 0 Å². The molecule has 28 heavy (non-hydrogen) atoms. The van der Waals surface area contributed by atoms with E-state index in [1.165, 1.54) is 16.3 Å². The maximum Gasteiger partial charge on any atom is 0.191 e. The van der Waals surface area contributed by atoms with E-state index in [9.17, 15) is 0 Å². The number of anilines is 1. The van der Waals surface area contributed by atoms with Crippen LogP contribution in [0.15, 0.2) is 34.6 Å². The van der Waals surface area contributed by atoms with Crippen molar-refractivity contribution in [3.05, 3.63) is 45.9 Å².